The Hall–Kier alpha value is -2.19. The van der Waals surface area contributed by atoms with E-state index in [9.17, 15) is 4.79 Å². The number of anilines is 1. The van der Waals surface area contributed by atoms with Gasteiger partial charge in [0.2, 0.25) is 0 Å². The molecule has 0 aliphatic carbocycles. The molecule has 1 aromatic heterocycles. The molecule has 2 heterocycles. The first-order valence-electron chi connectivity index (χ1n) is 11.3. The molecule has 1 saturated heterocycles. The highest BCUT2D eigenvalue weighted by Gasteiger charge is 2.39. The van der Waals surface area contributed by atoms with E-state index < -0.39 is 12.1 Å². The monoisotopic (exact) mass is 534 g/mol. The average Bonchev–Trinajstić information content (AvgIpc) is 2.88. The van der Waals surface area contributed by atoms with E-state index in [4.69, 9.17) is 27.9 Å². The number of ketones is 1. The number of carbonyl (C=O) groups is 1. The maximum absolute atomic E-state index is 13.7. The number of ether oxygens (including phenoxy) is 1. The predicted octanol–water partition coefficient (Wildman–Crippen LogP) is 4.88. The number of halogens is 3. The molecule has 0 radical (unpaired) electrons. The summed E-state index contributed by atoms with van der Waals surface area (Å²) in [6.07, 6.45) is 0.848. The van der Waals surface area contributed by atoms with E-state index in [1.807, 2.05) is 42.5 Å². The molecule has 1 aliphatic heterocycles. The lowest BCUT2D eigenvalue weighted by Gasteiger charge is -2.42. The number of nitrogens with zero attached hydrogens (tertiary/aromatic N) is 2. The highest BCUT2D eigenvalue weighted by molar-refractivity contribution is 6.42. The zero-order chi connectivity index (χ0) is 23.9. The van der Waals surface area contributed by atoms with Crippen molar-refractivity contribution in [3.05, 3.63) is 94.1 Å². The van der Waals surface area contributed by atoms with E-state index in [0.29, 0.717) is 23.1 Å². The first kappa shape index (κ1) is 27.4. The van der Waals surface area contributed by atoms with Crippen molar-refractivity contribution in [3.63, 3.8) is 0 Å². The van der Waals surface area contributed by atoms with Gasteiger partial charge in [-0.2, -0.15) is 0 Å². The van der Waals surface area contributed by atoms with E-state index in [1.54, 1.807) is 25.3 Å². The van der Waals surface area contributed by atoms with Crippen LogP contribution in [0.1, 0.15) is 18.1 Å². The Morgan fingerprint density at radius 3 is 2.60 bits per heavy atom. The van der Waals surface area contributed by atoms with Crippen LogP contribution in [0.25, 0.3) is 0 Å². The summed E-state index contributed by atoms with van der Waals surface area (Å²) in [7, 11) is 0. The van der Waals surface area contributed by atoms with Crippen LogP contribution in [-0.4, -0.2) is 42.2 Å². The lowest BCUT2D eigenvalue weighted by molar-refractivity contribution is -0.132. The van der Waals surface area contributed by atoms with Crippen molar-refractivity contribution in [1.82, 2.24) is 15.6 Å². The molecule has 186 valence electrons. The fourth-order valence-electron chi connectivity index (χ4n) is 4.05. The molecule has 35 heavy (non-hydrogen) atoms. The third-order valence-electron chi connectivity index (χ3n) is 5.86. The van der Waals surface area contributed by atoms with Gasteiger partial charge in [-0.25, -0.2) is 4.98 Å². The van der Waals surface area contributed by atoms with Gasteiger partial charge in [0, 0.05) is 25.8 Å². The zero-order valence-corrected chi connectivity index (χ0v) is 21.7. The lowest BCUT2D eigenvalue weighted by Crippen LogP contribution is -2.67. The first-order chi connectivity index (χ1) is 16.5. The first-order valence-corrected chi connectivity index (χ1v) is 12.1. The van der Waals surface area contributed by atoms with Crippen LogP contribution >= 0.6 is 35.6 Å². The van der Waals surface area contributed by atoms with Gasteiger partial charge in [-0.05, 0) is 42.3 Å². The number of hydrogen-bond donors (Lipinski definition) is 2. The quantitative estimate of drug-likeness (QED) is 0.407. The van der Waals surface area contributed by atoms with Gasteiger partial charge in [-0.3, -0.25) is 15.4 Å². The molecule has 6 nitrogen and oxygen atoms in total. The number of benzene rings is 2. The van der Waals surface area contributed by atoms with Crippen molar-refractivity contribution in [2.75, 3.05) is 18.0 Å². The minimum Gasteiger partial charge on any atom is -0.366 e. The van der Waals surface area contributed by atoms with Crippen molar-refractivity contribution in [3.8, 4) is 0 Å². The van der Waals surface area contributed by atoms with Crippen molar-refractivity contribution in [2.24, 2.45) is 0 Å². The molecule has 1 fully saturated rings. The van der Waals surface area contributed by atoms with Crippen molar-refractivity contribution in [1.29, 1.82) is 0 Å². The second kappa shape index (κ2) is 13.2. The SMILES string of the molecule is CC(OCc1ccc(Cl)c(Cl)c1)C(=O)C1C(NCc2ccccc2)NCCN1c1ccccn1.Cl. The summed E-state index contributed by atoms with van der Waals surface area (Å²) in [5.41, 5.74) is 2.01. The highest BCUT2D eigenvalue weighted by atomic mass is 35.5. The molecule has 0 bridgehead atoms. The van der Waals surface area contributed by atoms with Crippen molar-refractivity contribution >= 4 is 47.2 Å². The third kappa shape index (κ3) is 7.17. The number of piperazine rings is 1. The number of pyridine rings is 1. The van der Waals surface area contributed by atoms with Crippen LogP contribution in [0.15, 0.2) is 72.9 Å². The molecular formula is C26H29Cl3N4O2. The number of carbonyl (C=O) groups excluding carboxylic acids is 1. The van der Waals surface area contributed by atoms with E-state index in [-0.39, 0.29) is 31.0 Å². The van der Waals surface area contributed by atoms with Crippen LogP contribution in [-0.2, 0) is 22.7 Å². The third-order valence-corrected chi connectivity index (χ3v) is 6.60. The molecule has 3 aromatic rings. The van der Waals surface area contributed by atoms with E-state index >= 15 is 0 Å². The van der Waals surface area contributed by atoms with Gasteiger partial charge in [0.05, 0.1) is 22.8 Å². The molecule has 3 unspecified atom stereocenters. The number of rotatable bonds is 9. The molecule has 9 heteroatoms. The Balaban J connectivity index is 0.00000342. The van der Waals surface area contributed by atoms with Crippen molar-refractivity contribution in [2.45, 2.75) is 38.4 Å². The maximum atomic E-state index is 13.7. The van der Waals surface area contributed by atoms with Gasteiger partial charge < -0.3 is 9.64 Å². The topological polar surface area (TPSA) is 66.5 Å². The van der Waals surface area contributed by atoms with E-state index in [1.165, 1.54) is 0 Å². The van der Waals surface area contributed by atoms with E-state index in [2.05, 4.69) is 32.7 Å². The smallest absolute Gasteiger partial charge is 0.186 e. The van der Waals surface area contributed by atoms with Crippen LogP contribution in [0.5, 0.6) is 0 Å². The Morgan fingerprint density at radius 2 is 1.89 bits per heavy atom. The normalized spacial score (nSPS) is 18.5. The summed E-state index contributed by atoms with van der Waals surface area (Å²) >= 11 is 12.1. The minimum absolute atomic E-state index is 0. The Labute approximate surface area is 222 Å². The Morgan fingerprint density at radius 1 is 1.11 bits per heavy atom. The Bertz CT molecular complexity index is 1090. The summed E-state index contributed by atoms with van der Waals surface area (Å²) in [6, 6.07) is 20.7. The number of hydrogen-bond acceptors (Lipinski definition) is 6. The summed E-state index contributed by atoms with van der Waals surface area (Å²) in [5, 5.41) is 7.95. The highest BCUT2D eigenvalue weighted by Crippen LogP contribution is 2.24. The minimum atomic E-state index is -0.633. The van der Waals surface area contributed by atoms with Crippen LogP contribution < -0.4 is 15.5 Å². The zero-order valence-electron chi connectivity index (χ0n) is 19.4. The van der Waals surface area contributed by atoms with Gasteiger partial charge in [0.15, 0.2) is 5.78 Å². The second-order valence-electron chi connectivity index (χ2n) is 8.23. The molecule has 0 saturated carbocycles. The van der Waals surface area contributed by atoms with Crippen LogP contribution in [0.3, 0.4) is 0 Å². The molecule has 2 N–H and O–H groups in total. The number of nitrogens with one attached hydrogen (secondary N) is 2. The fourth-order valence-corrected chi connectivity index (χ4v) is 4.37. The standard InChI is InChI=1S/C26H28Cl2N4O2.ClH/c1-18(34-17-20-10-11-21(27)22(28)15-20)25(33)24-26(31-16-19-7-3-2-4-8-19)30-13-14-32(24)23-9-5-6-12-29-23;/h2-12,15,18,24,26,30-31H,13-14,16-17H2,1H3;1H. The molecular weight excluding hydrogens is 507 g/mol. The Kier molecular flexibility index (Phi) is 10.3. The molecule has 4 rings (SSSR count). The maximum Gasteiger partial charge on any atom is 0.186 e. The van der Waals surface area contributed by atoms with Gasteiger partial charge in [-0.15, -0.1) is 12.4 Å². The van der Waals surface area contributed by atoms with Crippen LogP contribution in [0.2, 0.25) is 10.0 Å². The molecule has 1 aliphatic rings. The molecule has 2 aromatic carbocycles. The largest absolute Gasteiger partial charge is 0.366 e. The second-order valence-corrected chi connectivity index (χ2v) is 9.04. The fraction of sp³-hybridized carbons (Fsp3) is 0.308. The summed E-state index contributed by atoms with van der Waals surface area (Å²) < 4.78 is 5.98. The molecule has 0 amide bonds. The van der Waals surface area contributed by atoms with Crippen molar-refractivity contribution < 1.29 is 9.53 Å². The summed E-state index contributed by atoms with van der Waals surface area (Å²) in [5.74, 6) is 0.744. The summed E-state index contributed by atoms with van der Waals surface area (Å²) in [4.78, 5) is 20.3. The predicted molar refractivity (Wildman–Crippen MR) is 143 cm³/mol. The lowest BCUT2D eigenvalue weighted by atomic mass is 10.00. The number of Topliss-reactive ketones (excluding diaryl/α,β-unsaturated/α-hetero) is 1. The van der Waals surface area contributed by atoms with Crippen LogP contribution in [0, 0.1) is 0 Å². The van der Waals surface area contributed by atoms with Gasteiger partial charge in [0.1, 0.15) is 18.0 Å². The van der Waals surface area contributed by atoms with Gasteiger partial charge in [-0.1, -0.05) is 65.7 Å². The average molecular weight is 536 g/mol. The molecule has 3 atom stereocenters. The van der Waals surface area contributed by atoms with Gasteiger partial charge >= 0.3 is 0 Å². The van der Waals surface area contributed by atoms with Crippen LogP contribution in [0.4, 0.5) is 5.82 Å². The molecule has 0 spiro atoms. The number of aromatic nitrogens is 1. The summed E-state index contributed by atoms with van der Waals surface area (Å²) in [6.45, 7) is 4.08. The van der Waals surface area contributed by atoms with E-state index in [0.717, 1.165) is 23.5 Å². The van der Waals surface area contributed by atoms with Gasteiger partial charge in [0.25, 0.3) is 0 Å².